The van der Waals surface area contributed by atoms with E-state index < -0.39 is 9.84 Å². The molecule has 0 amide bonds. The van der Waals surface area contributed by atoms with Gasteiger partial charge in [0.15, 0.2) is 9.84 Å². The second kappa shape index (κ2) is 7.23. The first-order chi connectivity index (χ1) is 11.9. The molecule has 0 aliphatic heterocycles. The average Bonchev–Trinajstić information content (AvgIpc) is 2.59. The van der Waals surface area contributed by atoms with Crippen LogP contribution in [0.3, 0.4) is 0 Å². The van der Waals surface area contributed by atoms with E-state index in [1.54, 1.807) is 0 Å². The number of fused-ring (bicyclic) bond motifs is 1. The monoisotopic (exact) mass is 354 g/mol. The smallest absolute Gasteiger partial charge is 0.151 e. The van der Waals surface area contributed by atoms with E-state index in [0.29, 0.717) is 6.54 Å². The van der Waals surface area contributed by atoms with Crippen LogP contribution in [0.5, 0.6) is 0 Å². The van der Waals surface area contributed by atoms with Crippen molar-refractivity contribution in [2.24, 2.45) is 0 Å². The fourth-order valence-electron chi connectivity index (χ4n) is 2.81. The van der Waals surface area contributed by atoms with Crippen molar-refractivity contribution in [2.45, 2.75) is 25.6 Å². The molecule has 1 aromatic heterocycles. The molecule has 130 valence electrons. The molecule has 0 spiro atoms. The molecule has 0 saturated carbocycles. The topological polar surface area (TPSA) is 59.1 Å². The van der Waals surface area contributed by atoms with Crippen LogP contribution >= 0.6 is 0 Å². The van der Waals surface area contributed by atoms with Gasteiger partial charge >= 0.3 is 0 Å². The maximum absolute atomic E-state index is 11.4. The molecule has 1 N–H and O–H groups in total. The van der Waals surface area contributed by atoms with E-state index in [1.807, 2.05) is 42.5 Å². The molecule has 0 bridgehead atoms. The number of pyridine rings is 1. The fraction of sp³-hybridized carbons (Fsp3) is 0.250. The Balaban J connectivity index is 1.78. The zero-order chi connectivity index (χ0) is 17.9. The number of hydrogen-bond donors (Lipinski definition) is 1. The highest BCUT2D eigenvalue weighted by molar-refractivity contribution is 7.89. The van der Waals surface area contributed by atoms with Crippen LogP contribution in [0.4, 0.5) is 5.69 Å². The number of anilines is 1. The molecule has 0 atom stereocenters. The largest absolute Gasteiger partial charge is 0.380 e. The standard InChI is InChI=1S/C20H22N2O2S/c1-3-17-12-20(18-6-4-5-7-19(18)22-17)21-13-15-8-10-16(11-9-15)14-25(2,23)24/h4-12H,3,13-14H2,1-2H3,(H,21,22). The highest BCUT2D eigenvalue weighted by Crippen LogP contribution is 2.24. The summed E-state index contributed by atoms with van der Waals surface area (Å²) in [6.45, 7) is 2.78. The summed E-state index contributed by atoms with van der Waals surface area (Å²) >= 11 is 0. The molecule has 0 radical (unpaired) electrons. The fourth-order valence-corrected chi connectivity index (χ4v) is 3.61. The minimum Gasteiger partial charge on any atom is -0.380 e. The van der Waals surface area contributed by atoms with Crippen molar-refractivity contribution in [1.29, 1.82) is 0 Å². The van der Waals surface area contributed by atoms with Crippen LogP contribution < -0.4 is 5.32 Å². The summed E-state index contributed by atoms with van der Waals surface area (Å²) in [7, 11) is -3.00. The van der Waals surface area contributed by atoms with Crippen LogP contribution in [0.15, 0.2) is 54.6 Å². The molecule has 0 unspecified atom stereocenters. The number of hydrogen-bond acceptors (Lipinski definition) is 4. The van der Waals surface area contributed by atoms with Gasteiger partial charge in [0.1, 0.15) is 0 Å². The number of aryl methyl sites for hydroxylation is 1. The van der Waals surface area contributed by atoms with Gasteiger partial charge < -0.3 is 5.32 Å². The second-order valence-electron chi connectivity index (χ2n) is 6.27. The Labute approximate surface area is 148 Å². The lowest BCUT2D eigenvalue weighted by atomic mass is 10.1. The summed E-state index contributed by atoms with van der Waals surface area (Å²) in [5, 5.41) is 4.59. The third-order valence-electron chi connectivity index (χ3n) is 4.07. The molecule has 4 nitrogen and oxygen atoms in total. The third-order valence-corrected chi connectivity index (χ3v) is 4.92. The van der Waals surface area contributed by atoms with E-state index in [-0.39, 0.29) is 5.75 Å². The lowest BCUT2D eigenvalue weighted by Crippen LogP contribution is -2.03. The lowest BCUT2D eigenvalue weighted by Gasteiger charge is -2.12. The zero-order valence-electron chi connectivity index (χ0n) is 14.5. The summed E-state index contributed by atoms with van der Waals surface area (Å²) in [5.74, 6) is 0.0789. The maximum Gasteiger partial charge on any atom is 0.151 e. The third kappa shape index (κ3) is 4.57. The number of para-hydroxylation sites is 1. The van der Waals surface area contributed by atoms with Crippen LogP contribution in [-0.4, -0.2) is 19.7 Å². The Morgan fingerprint density at radius 3 is 2.36 bits per heavy atom. The van der Waals surface area contributed by atoms with Gasteiger partial charge in [-0.2, -0.15) is 0 Å². The summed E-state index contributed by atoms with van der Waals surface area (Å²) in [5.41, 5.74) is 5.05. The van der Waals surface area contributed by atoms with E-state index >= 15 is 0 Å². The van der Waals surface area contributed by atoms with Gasteiger partial charge in [0, 0.05) is 29.6 Å². The Morgan fingerprint density at radius 2 is 1.68 bits per heavy atom. The van der Waals surface area contributed by atoms with Crippen molar-refractivity contribution in [2.75, 3.05) is 11.6 Å². The van der Waals surface area contributed by atoms with Gasteiger partial charge in [0.05, 0.1) is 11.3 Å². The summed E-state index contributed by atoms with van der Waals surface area (Å²) < 4.78 is 22.7. The predicted molar refractivity (Wildman–Crippen MR) is 103 cm³/mol. The van der Waals surface area contributed by atoms with Gasteiger partial charge in [-0.1, -0.05) is 49.4 Å². The molecular weight excluding hydrogens is 332 g/mol. The first-order valence-corrected chi connectivity index (χ1v) is 10.4. The van der Waals surface area contributed by atoms with Crippen LogP contribution in [0.25, 0.3) is 10.9 Å². The van der Waals surface area contributed by atoms with E-state index in [1.165, 1.54) is 6.26 Å². The Morgan fingerprint density at radius 1 is 1.00 bits per heavy atom. The number of rotatable bonds is 6. The van der Waals surface area contributed by atoms with Gasteiger partial charge in [0.2, 0.25) is 0 Å². The molecule has 0 aliphatic carbocycles. The number of aromatic nitrogens is 1. The van der Waals surface area contributed by atoms with E-state index in [9.17, 15) is 8.42 Å². The molecular formula is C20H22N2O2S. The van der Waals surface area contributed by atoms with Crippen LogP contribution in [-0.2, 0) is 28.6 Å². The van der Waals surface area contributed by atoms with Gasteiger partial charge in [0.25, 0.3) is 0 Å². The van der Waals surface area contributed by atoms with Crippen molar-refractivity contribution < 1.29 is 8.42 Å². The predicted octanol–water partition coefficient (Wildman–Crippen LogP) is 3.95. The van der Waals surface area contributed by atoms with E-state index in [2.05, 4.69) is 29.4 Å². The number of nitrogens with one attached hydrogen (secondary N) is 1. The first kappa shape index (κ1) is 17.4. The van der Waals surface area contributed by atoms with Crippen molar-refractivity contribution in [3.63, 3.8) is 0 Å². The summed E-state index contributed by atoms with van der Waals surface area (Å²) in [6.07, 6.45) is 2.14. The number of sulfone groups is 1. The van der Waals surface area contributed by atoms with Crippen molar-refractivity contribution in [1.82, 2.24) is 4.98 Å². The summed E-state index contributed by atoms with van der Waals surface area (Å²) in [4.78, 5) is 4.66. The maximum atomic E-state index is 11.4. The van der Waals surface area contributed by atoms with Crippen LogP contribution in [0, 0.1) is 0 Å². The van der Waals surface area contributed by atoms with Crippen LogP contribution in [0.1, 0.15) is 23.7 Å². The van der Waals surface area contributed by atoms with Gasteiger partial charge in [-0.05, 0) is 29.7 Å². The van der Waals surface area contributed by atoms with E-state index in [4.69, 9.17) is 0 Å². The molecule has 2 aromatic carbocycles. The molecule has 0 aliphatic rings. The summed E-state index contributed by atoms with van der Waals surface area (Å²) in [6, 6.07) is 17.9. The molecule has 1 heterocycles. The molecule has 3 aromatic rings. The van der Waals surface area contributed by atoms with Crippen molar-refractivity contribution >= 4 is 26.4 Å². The molecule has 3 rings (SSSR count). The molecule has 25 heavy (non-hydrogen) atoms. The number of nitrogens with zero attached hydrogens (tertiary/aromatic N) is 1. The van der Waals surface area contributed by atoms with Gasteiger partial charge in [-0.25, -0.2) is 8.42 Å². The highest BCUT2D eigenvalue weighted by Gasteiger charge is 2.06. The quantitative estimate of drug-likeness (QED) is 0.728. The molecule has 0 fully saturated rings. The first-order valence-electron chi connectivity index (χ1n) is 8.32. The lowest BCUT2D eigenvalue weighted by molar-refractivity contribution is 0.601. The highest BCUT2D eigenvalue weighted by atomic mass is 32.2. The normalized spacial score (nSPS) is 11.6. The molecule has 5 heteroatoms. The van der Waals surface area contributed by atoms with Crippen molar-refractivity contribution in [3.05, 3.63) is 71.4 Å². The zero-order valence-corrected chi connectivity index (χ0v) is 15.3. The Kier molecular flexibility index (Phi) is 5.04. The van der Waals surface area contributed by atoms with E-state index in [0.717, 1.165) is 39.8 Å². The SMILES string of the molecule is CCc1cc(NCc2ccc(CS(C)(=O)=O)cc2)c2ccccc2n1. The van der Waals surface area contributed by atoms with Crippen LogP contribution in [0.2, 0.25) is 0 Å². The minimum absolute atomic E-state index is 0.0789. The Hall–Kier alpha value is -2.40. The van der Waals surface area contributed by atoms with Gasteiger partial charge in [-0.15, -0.1) is 0 Å². The van der Waals surface area contributed by atoms with Crippen molar-refractivity contribution in [3.8, 4) is 0 Å². The van der Waals surface area contributed by atoms with Gasteiger partial charge in [-0.3, -0.25) is 4.98 Å². The Bertz CT molecular complexity index is 980. The second-order valence-corrected chi connectivity index (χ2v) is 8.41. The molecule has 0 saturated heterocycles. The number of benzene rings is 2. The minimum atomic E-state index is -3.00. The average molecular weight is 354 g/mol.